The van der Waals surface area contributed by atoms with E-state index in [2.05, 4.69) is 5.32 Å². The minimum atomic E-state index is -0.0173. The minimum Gasteiger partial charge on any atom is -0.496 e. The van der Waals surface area contributed by atoms with Crippen LogP contribution in [0.1, 0.15) is 11.1 Å². The van der Waals surface area contributed by atoms with Crippen molar-refractivity contribution in [3.05, 3.63) is 29.3 Å². The number of ether oxygens (including phenoxy) is 1. The number of rotatable bonds is 5. The van der Waals surface area contributed by atoms with Crippen LogP contribution in [0.2, 0.25) is 0 Å². The average Bonchev–Trinajstić information content (AvgIpc) is 2.29. The van der Waals surface area contributed by atoms with Gasteiger partial charge in [-0.2, -0.15) is 0 Å². The molecule has 0 bridgehead atoms. The smallest absolute Gasteiger partial charge is 0.224 e. The van der Waals surface area contributed by atoms with Gasteiger partial charge < -0.3 is 15.8 Å². The zero-order valence-electron chi connectivity index (χ0n) is 9.75. The van der Waals surface area contributed by atoms with Crippen molar-refractivity contribution in [1.82, 2.24) is 5.32 Å². The third-order valence-electron chi connectivity index (χ3n) is 2.30. The lowest BCUT2D eigenvalue weighted by Crippen LogP contribution is -2.30. The Bertz CT molecular complexity index is 364. The molecule has 0 aliphatic rings. The maximum Gasteiger partial charge on any atom is 0.224 e. The monoisotopic (exact) mass is 222 g/mol. The molecule has 1 aromatic carbocycles. The molecule has 0 aromatic heterocycles. The number of benzene rings is 1. The molecule has 4 nitrogen and oxygen atoms in total. The molecule has 3 N–H and O–H groups in total. The van der Waals surface area contributed by atoms with Gasteiger partial charge in [0.05, 0.1) is 13.5 Å². The molecule has 16 heavy (non-hydrogen) atoms. The maximum atomic E-state index is 11.4. The number of methoxy groups -OCH3 is 1. The number of aryl methyl sites for hydroxylation is 1. The lowest BCUT2D eigenvalue weighted by Gasteiger charge is -2.08. The van der Waals surface area contributed by atoms with Crippen molar-refractivity contribution >= 4 is 5.91 Å². The fraction of sp³-hybridized carbons (Fsp3) is 0.417. The molecule has 0 atom stereocenters. The molecule has 0 heterocycles. The van der Waals surface area contributed by atoms with Crippen molar-refractivity contribution in [3.8, 4) is 5.75 Å². The van der Waals surface area contributed by atoms with Crippen LogP contribution in [0.5, 0.6) is 5.75 Å². The van der Waals surface area contributed by atoms with Gasteiger partial charge >= 0.3 is 0 Å². The Balaban J connectivity index is 2.63. The first kappa shape index (κ1) is 12.5. The molecular formula is C12H18N2O2. The molecule has 0 saturated heterocycles. The van der Waals surface area contributed by atoms with Gasteiger partial charge in [0.1, 0.15) is 5.75 Å². The highest BCUT2D eigenvalue weighted by molar-refractivity contribution is 5.78. The second-order valence-electron chi connectivity index (χ2n) is 3.62. The number of amides is 1. The van der Waals surface area contributed by atoms with E-state index in [1.807, 2.05) is 25.1 Å². The van der Waals surface area contributed by atoms with Gasteiger partial charge in [0.15, 0.2) is 0 Å². The minimum absolute atomic E-state index is 0.0173. The summed E-state index contributed by atoms with van der Waals surface area (Å²) in [4.78, 5) is 11.4. The average molecular weight is 222 g/mol. The number of nitrogens with two attached hydrogens (primary N) is 1. The van der Waals surface area contributed by atoms with E-state index in [-0.39, 0.29) is 5.91 Å². The Morgan fingerprint density at radius 1 is 1.50 bits per heavy atom. The van der Waals surface area contributed by atoms with Gasteiger partial charge in [-0.05, 0) is 24.1 Å². The topological polar surface area (TPSA) is 64.3 Å². The van der Waals surface area contributed by atoms with E-state index in [0.29, 0.717) is 19.5 Å². The molecular weight excluding hydrogens is 204 g/mol. The summed E-state index contributed by atoms with van der Waals surface area (Å²) in [5.74, 6) is 0.792. The second kappa shape index (κ2) is 6.12. The first-order chi connectivity index (χ1) is 7.67. The third-order valence-corrected chi connectivity index (χ3v) is 2.30. The van der Waals surface area contributed by atoms with Gasteiger partial charge in [-0.25, -0.2) is 0 Å². The van der Waals surface area contributed by atoms with Crippen LogP contribution in [0.3, 0.4) is 0 Å². The van der Waals surface area contributed by atoms with Gasteiger partial charge in [-0.1, -0.05) is 12.1 Å². The zero-order valence-corrected chi connectivity index (χ0v) is 9.75. The fourth-order valence-electron chi connectivity index (χ4n) is 1.43. The highest BCUT2D eigenvalue weighted by atomic mass is 16.5. The molecule has 0 unspecified atom stereocenters. The summed E-state index contributed by atoms with van der Waals surface area (Å²) in [6.07, 6.45) is 0.358. The Morgan fingerprint density at radius 2 is 2.25 bits per heavy atom. The number of carbonyl (C=O) groups excluding carboxylic acids is 1. The van der Waals surface area contributed by atoms with Gasteiger partial charge in [-0.3, -0.25) is 4.79 Å². The number of hydrogen-bond acceptors (Lipinski definition) is 3. The molecule has 0 spiro atoms. The van der Waals surface area contributed by atoms with Gasteiger partial charge in [-0.15, -0.1) is 0 Å². The largest absolute Gasteiger partial charge is 0.496 e. The number of hydrogen-bond donors (Lipinski definition) is 2. The molecule has 1 amide bonds. The Kier molecular flexibility index (Phi) is 4.79. The van der Waals surface area contributed by atoms with Crippen LogP contribution in [0, 0.1) is 6.92 Å². The van der Waals surface area contributed by atoms with E-state index >= 15 is 0 Å². The molecule has 0 aliphatic carbocycles. The molecule has 4 heteroatoms. The summed E-state index contributed by atoms with van der Waals surface area (Å²) in [6, 6.07) is 5.77. The highest BCUT2D eigenvalue weighted by Crippen LogP contribution is 2.19. The van der Waals surface area contributed by atoms with Gasteiger partial charge in [0.2, 0.25) is 5.91 Å². The van der Waals surface area contributed by atoms with Gasteiger partial charge in [0.25, 0.3) is 0 Å². The normalized spacial score (nSPS) is 9.94. The lowest BCUT2D eigenvalue weighted by atomic mass is 10.1. The number of nitrogens with one attached hydrogen (secondary N) is 1. The predicted octanol–water partition coefficient (Wildman–Crippen LogP) is 0.621. The molecule has 0 fully saturated rings. The Morgan fingerprint density at radius 3 is 2.88 bits per heavy atom. The summed E-state index contributed by atoms with van der Waals surface area (Å²) >= 11 is 0. The van der Waals surface area contributed by atoms with Crippen molar-refractivity contribution in [2.45, 2.75) is 13.3 Å². The second-order valence-corrected chi connectivity index (χ2v) is 3.62. The van der Waals surface area contributed by atoms with Crippen molar-refractivity contribution in [2.75, 3.05) is 20.2 Å². The first-order valence-corrected chi connectivity index (χ1v) is 5.27. The van der Waals surface area contributed by atoms with Gasteiger partial charge in [0, 0.05) is 13.1 Å². The van der Waals surface area contributed by atoms with E-state index in [0.717, 1.165) is 16.9 Å². The van der Waals surface area contributed by atoms with Crippen LogP contribution in [0.15, 0.2) is 18.2 Å². The van der Waals surface area contributed by atoms with E-state index in [1.54, 1.807) is 7.11 Å². The predicted molar refractivity (Wildman–Crippen MR) is 63.5 cm³/mol. The van der Waals surface area contributed by atoms with Crippen molar-refractivity contribution in [1.29, 1.82) is 0 Å². The molecule has 1 rings (SSSR count). The summed E-state index contributed by atoms with van der Waals surface area (Å²) in [5.41, 5.74) is 7.31. The molecule has 1 aromatic rings. The quantitative estimate of drug-likeness (QED) is 0.767. The van der Waals surface area contributed by atoms with E-state index in [1.165, 1.54) is 0 Å². The molecule has 0 radical (unpaired) electrons. The van der Waals surface area contributed by atoms with Crippen molar-refractivity contribution in [2.24, 2.45) is 5.73 Å². The van der Waals surface area contributed by atoms with Crippen LogP contribution in [0.25, 0.3) is 0 Å². The summed E-state index contributed by atoms with van der Waals surface area (Å²) < 4.78 is 5.20. The summed E-state index contributed by atoms with van der Waals surface area (Å²) in [7, 11) is 1.63. The van der Waals surface area contributed by atoms with Crippen LogP contribution in [-0.4, -0.2) is 26.1 Å². The summed E-state index contributed by atoms with van der Waals surface area (Å²) in [5, 5.41) is 2.73. The number of carbonyl (C=O) groups is 1. The molecule has 88 valence electrons. The van der Waals surface area contributed by atoms with Crippen LogP contribution in [0.4, 0.5) is 0 Å². The molecule has 0 aliphatic heterocycles. The SMILES string of the molecule is COc1cc(CC(=O)NCCN)ccc1C. The summed E-state index contributed by atoms with van der Waals surface area (Å²) in [6.45, 7) is 2.95. The Hall–Kier alpha value is -1.55. The zero-order chi connectivity index (χ0) is 12.0. The van der Waals surface area contributed by atoms with E-state index in [4.69, 9.17) is 10.5 Å². The van der Waals surface area contributed by atoms with Crippen molar-refractivity contribution < 1.29 is 9.53 Å². The van der Waals surface area contributed by atoms with Crippen LogP contribution in [-0.2, 0) is 11.2 Å². The Labute approximate surface area is 95.8 Å². The van der Waals surface area contributed by atoms with E-state index < -0.39 is 0 Å². The standard InChI is InChI=1S/C12H18N2O2/c1-9-3-4-10(7-11(9)16-2)8-12(15)14-6-5-13/h3-4,7H,5-6,8,13H2,1-2H3,(H,14,15). The molecule has 0 saturated carbocycles. The lowest BCUT2D eigenvalue weighted by molar-refractivity contribution is -0.120. The first-order valence-electron chi connectivity index (χ1n) is 5.27. The van der Waals surface area contributed by atoms with Crippen LogP contribution < -0.4 is 15.8 Å². The van der Waals surface area contributed by atoms with Crippen LogP contribution >= 0.6 is 0 Å². The third kappa shape index (κ3) is 3.55. The maximum absolute atomic E-state index is 11.4. The van der Waals surface area contributed by atoms with E-state index in [9.17, 15) is 4.79 Å². The highest BCUT2D eigenvalue weighted by Gasteiger charge is 2.05. The van der Waals surface area contributed by atoms with Crippen molar-refractivity contribution in [3.63, 3.8) is 0 Å². The fourth-order valence-corrected chi connectivity index (χ4v) is 1.43.